The normalized spacial score (nSPS) is 15.8. The maximum Gasteiger partial charge on any atom is 0.284 e. The van der Waals surface area contributed by atoms with Crippen molar-refractivity contribution in [3.8, 4) is 17.2 Å². The van der Waals surface area contributed by atoms with Crippen LogP contribution in [0.15, 0.2) is 52.0 Å². The van der Waals surface area contributed by atoms with Gasteiger partial charge in [0, 0.05) is 10.0 Å². The molecule has 0 aromatic heterocycles. The maximum atomic E-state index is 12.2. The van der Waals surface area contributed by atoms with Gasteiger partial charge in [0.25, 0.3) is 5.91 Å². The predicted octanol–water partition coefficient (Wildman–Crippen LogP) is 2.07. The summed E-state index contributed by atoms with van der Waals surface area (Å²) in [6.07, 6.45) is 0.684. The van der Waals surface area contributed by atoms with Crippen LogP contribution in [-0.2, 0) is 4.79 Å². The number of amides is 1. The average molecular weight is 407 g/mol. The Morgan fingerprint density at radius 1 is 1.36 bits per heavy atom. The Hall–Kier alpha value is -2.58. The standard InChI is InChI=1S/C17H15BrN2O5/c18-13-6-5-12(24-10-21)7-11(13)8-19-20-17(22)16-9-23-14-3-1-2-4-15(14)25-16/h1-8,16,21H,9-10H2,(H,20,22)/b19-8+. The van der Waals surface area contributed by atoms with Gasteiger partial charge in [0.15, 0.2) is 18.3 Å². The molecule has 2 N–H and O–H groups in total. The molecule has 1 unspecified atom stereocenters. The molecule has 1 atom stereocenters. The first-order chi connectivity index (χ1) is 12.2. The van der Waals surface area contributed by atoms with Gasteiger partial charge in [-0.15, -0.1) is 0 Å². The Bertz CT molecular complexity index is 796. The van der Waals surface area contributed by atoms with Crippen molar-refractivity contribution in [2.75, 3.05) is 13.4 Å². The summed E-state index contributed by atoms with van der Waals surface area (Å²) >= 11 is 3.38. The van der Waals surface area contributed by atoms with Gasteiger partial charge < -0.3 is 19.3 Å². The lowest BCUT2D eigenvalue weighted by Crippen LogP contribution is -2.42. The third kappa shape index (κ3) is 4.28. The molecule has 1 aliphatic heterocycles. The molecule has 1 aliphatic rings. The Morgan fingerprint density at radius 2 is 2.16 bits per heavy atom. The Kier molecular flexibility index (Phi) is 5.52. The molecule has 0 fully saturated rings. The average Bonchev–Trinajstić information content (AvgIpc) is 2.64. The van der Waals surface area contributed by atoms with Gasteiger partial charge in [-0.25, -0.2) is 5.43 Å². The molecule has 0 aliphatic carbocycles. The van der Waals surface area contributed by atoms with E-state index in [1.54, 1.807) is 36.4 Å². The highest BCUT2D eigenvalue weighted by molar-refractivity contribution is 9.10. The van der Waals surface area contributed by atoms with Gasteiger partial charge in [-0.2, -0.15) is 5.10 Å². The molecular weight excluding hydrogens is 392 g/mol. The number of aliphatic hydroxyl groups is 1. The van der Waals surface area contributed by atoms with E-state index >= 15 is 0 Å². The highest BCUT2D eigenvalue weighted by Gasteiger charge is 2.26. The second-order valence-corrected chi connectivity index (χ2v) is 5.91. The van der Waals surface area contributed by atoms with Crippen molar-refractivity contribution in [2.24, 2.45) is 5.10 Å². The van der Waals surface area contributed by atoms with Gasteiger partial charge in [-0.05, 0) is 30.3 Å². The maximum absolute atomic E-state index is 12.2. The fraction of sp³-hybridized carbons (Fsp3) is 0.176. The van der Waals surface area contributed by atoms with E-state index in [2.05, 4.69) is 26.5 Å². The summed E-state index contributed by atoms with van der Waals surface area (Å²) in [6, 6.07) is 12.3. The number of ether oxygens (including phenoxy) is 3. The minimum atomic E-state index is -0.778. The molecule has 7 nitrogen and oxygen atoms in total. The van der Waals surface area contributed by atoms with Gasteiger partial charge in [-0.1, -0.05) is 28.1 Å². The van der Waals surface area contributed by atoms with Crippen LogP contribution in [0, 0.1) is 0 Å². The van der Waals surface area contributed by atoms with Crippen LogP contribution in [-0.4, -0.2) is 36.7 Å². The summed E-state index contributed by atoms with van der Waals surface area (Å²) in [5.41, 5.74) is 3.10. The molecule has 1 heterocycles. The minimum absolute atomic E-state index is 0.113. The number of fused-ring (bicyclic) bond motifs is 1. The van der Waals surface area contributed by atoms with Crippen LogP contribution in [0.1, 0.15) is 5.56 Å². The fourth-order valence-corrected chi connectivity index (χ4v) is 2.52. The van der Waals surface area contributed by atoms with E-state index in [-0.39, 0.29) is 6.61 Å². The van der Waals surface area contributed by atoms with Crippen molar-refractivity contribution >= 4 is 28.1 Å². The van der Waals surface area contributed by atoms with E-state index in [0.717, 1.165) is 4.47 Å². The van der Waals surface area contributed by atoms with Crippen molar-refractivity contribution in [1.82, 2.24) is 5.43 Å². The van der Waals surface area contributed by atoms with Gasteiger partial charge in [-0.3, -0.25) is 4.79 Å². The molecule has 8 heteroatoms. The van der Waals surface area contributed by atoms with Crippen molar-refractivity contribution in [3.63, 3.8) is 0 Å². The number of hydrogen-bond acceptors (Lipinski definition) is 6. The number of halogens is 1. The molecule has 3 rings (SSSR count). The van der Waals surface area contributed by atoms with Crippen LogP contribution in [0.25, 0.3) is 0 Å². The first kappa shape index (κ1) is 17.2. The summed E-state index contributed by atoms with van der Waals surface area (Å²) in [6.45, 7) is -0.308. The first-order valence-corrected chi connectivity index (χ1v) is 8.21. The van der Waals surface area contributed by atoms with E-state index in [9.17, 15) is 4.79 Å². The van der Waals surface area contributed by atoms with E-state index < -0.39 is 18.8 Å². The molecule has 130 valence electrons. The van der Waals surface area contributed by atoms with Crippen molar-refractivity contribution in [3.05, 3.63) is 52.5 Å². The van der Waals surface area contributed by atoms with Crippen LogP contribution in [0.5, 0.6) is 17.2 Å². The topological polar surface area (TPSA) is 89.4 Å². The number of nitrogens with zero attached hydrogens (tertiary/aromatic N) is 1. The zero-order valence-corrected chi connectivity index (χ0v) is 14.6. The smallest absolute Gasteiger partial charge is 0.284 e. The number of benzene rings is 2. The van der Waals surface area contributed by atoms with Crippen LogP contribution >= 0.6 is 15.9 Å². The third-order valence-electron chi connectivity index (χ3n) is 3.38. The Labute approximate surface area is 152 Å². The van der Waals surface area contributed by atoms with E-state index in [0.29, 0.717) is 22.8 Å². The second kappa shape index (κ2) is 8.00. The lowest BCUT2D eigenvalue weighted by atomic mass is 10.2. The molecule has 2 aromatic carbocycles. The van der Waals surface area contributed by atoms with E-state index in [1.807, 2.05) is 6.07 Å². The molecule has 25 heavy (non-hydrogen) atoms. The lowest BCUT2D eigenvalue weighted by molar-refractivity contribution is -0.130. The molecule has 0 spiro atoms. The second-order valence-electron chi connectivity index (χ2n) is 5.06. The number of nitrogens with one attached hydrogen (secondary N) is 1. The number of aliphatic hydroxyl groups excluding tert-OH is 1. The number of rotatable bonds is 5. The van der Waals surface area contributed by atoms with Gasteiger partial charge >= 0.3 is 0 Å². The number of para-hydroxylation sites is 2. The van der Waals surface area contributed by atoms with Crippen LogP contribution < -0.4 is 19.6 Å². The summed E-state index contributed by atoms with van der Waals surface area (Å²) < 4.78 is 16.9. The number of hydrogen-bond donors (Lipinski definition) is 2. The van der Waals surface area contributed by atoms with Crippen molar-refractivity contribution in [2.45, 2.75) is 6.10 Å². The zero-order chi connectivity index (χ0) is 17.6. The van der Waals surface area contributed by atoms with Crippen LogP contribution in [0.2, 0.25) is 0 Å². The monoisotopic (exact) mass is 406 g/mol. The van der Waals surface area contributed by atoms with E-state index in [4.69, 9.17) is 19.3 Å². The molecule has 0 bridgehead atoms. The highest BCUT2D eigenvalue weighted by atomic mass is 79.9. The fourth-order valence-electron chi connectivity index (χ4n) is 2.17. The zero-order valence-electron chi connectivity index (χ0n) is 13.0. The summed E-state index contributed by atoms with van der Waals surface area (Å²) in [7, 11) is 0. The molecule has 1 amide bonds. The first-order valence-electron chi connectivity index (χ1n) is 7.42. The Balaban J connectivity index is 1.61. The largest absolute Gasteiger partial charge is 0.485 e. The third-order valence-corrected chi connectivity index (χ3v) is 4.10. The quantitative estimate of drug-likeness (QED) is 0.450. The SMILES string of the molecule is O=C(N/N=C/c1cc(OCO)ccc1Br)C1COc2ccccc2O1. The van der Waals surface area contributed by atoms with E-state index in [1.165, 1.54) is 6.21 Å². The lowest BCUT2D eigenvalue weighted by Gasteiger charge is -2.24. The number of carbonyl (C=O) groups is 1. The summed E-state index contributed by atoms with van der Waals surface area (Å²) in [5.74, 6) is 1.21. The highest BCUT2D eigenvalue weighted by Crippen LogP contribution is 2.30. The predicted molar refractivity (Wildman–Crippen MR) is 93.9 cm³/mol. The molecule has 0 radical (unpaired) electrons. The summed E-state index contributed by atoms with van der Waals surface area (Å²) in [4.78, 5) is 12.2. The van der Waals surface area contributed by atoms with Gasteiger partial charge in [0.05, 0.1) is 6.21 Å². The van der Waals surface area contributed by atoms with Crippen molar-refractivity contribution in [1.29, 1.82) is 0 Å². The van der Waals surface area contributed by atoms with Gasteiger partial charge in [0.1, 0.15) is 12.4 Å². The van der Waals surface area contributed by atoms with Gasteiger partial charge in [0.2, 0.25) is 6.10 Å². The van der Waals surface area contributed by atoms with Crippen molar-refractivity contribution < 1.29 is 24.1 Å². The molecule has 2 aromatic rings. The number of hydrazone groups is 1. The van der Waals surface area contributed by atoms with Crippen LogP contribution in [0.3, 0.4) is 0 Å². The molecular formula is C17H15BrN2O5. The molecule has 0 saturated carbocycles. The molecule has 0 saturated heterocycles. The Morgan fingerprint density at radius 3 is 2.96 bits per heavy atom. The number of carbonyl (C=O) groups excluding carboxylic acids is 1. The minimum Gasteiger partial charge on any atom is -0.485 e. The van der Waals surface area contributed by atoms with Crippen LogP contribution in [0.4, 0.5) is 0 Å². The summed E-state index contributed by atoms with van der Waals surface area (Å²) in [5, 5.41) is 12.7.